The van der Waals surface area contributed by atoms with Gasteiger partial charge in [-0.3, -0.25) is 0 Å². The quantitative estimate of drug-likeness (QED) is 0.569. The number of hydrogen-bond donors (Lipinski definition) is 0. The van der Waals surface area contributed by atoms with Gasteiger partial charge in [0.25, 0.3) is 0 Å². The topological polar surface area (TPSA) is 61.8 Å². The minimum atomic E-state index is -0.995. The molecule has 0 spiro atoms. The van der Waals surface area contributed by atoms with E-state index in [1.807, 2.05) is 20.8 Å². The first-order valence-electron chi connectivity index (χ1n) is 5.77. The summed E-state index contributed by atoms with van der Waals surface area (Å²) in [5.74, 6) is -2.02. The van der Waals surface area contributed by atoms with Crippen molar-refractivity contribution in [1.82, 2.24) is 0 Å². The number of carbonyl (C=O) groups excluding carboxylic acids is 2. The molecule has 0 aromatic carbocycles. The van der Waals surface area contributed by atoms with Crippen molar-refractivity contribution < 1.29 is 23.8 Å². The van der Waals surface area contributed by atoms with E-state index in [1.54, 1.807) is 6.92 Å². The SMILES string of the molecule is C=C(C[C@@H]1O[C@@](C)(C(C)(C)C)OC1=O)C(=O)OC. The van der Waals surface area contributed by atoms with Gasteiger partial charge < -0.3 is 14.2 Å². The molecule has 0 aromatic heterocycles. The smallest absolute Gasteiger partial charge is 0.338 e. The summed E-state index contributed by atoms with van der Waals surface area (Å²) in [6, 6.07) is 0. The van der Waals surface area contributed by atoms with E-state index in [-0.39, 0.29) is 17.4 Å². The Kier molecular flexibility index (Phi) is 3.86. The summed E-state index contributed by atoms with van der Waals surface area (Å²) < 4.78 is 15.5. The lowest BCUT2D eigenvalue weighted by molar-refractivity contribution is -0.217. The number of esters is 2. The van der Waals surface area contributed by atoms with Gasteiger partial charge in [-0.1, -0.05) is 27.4 Å². The third-order valence-electron chi connectivity index (χ3n) is 3.19. The summed E-state index contributed by atoms with van der Waals surface area (Å²) in [6.45, 7) is 11.0. The Morgan fingerprint density at radius 3 is 2.44 bits per heavy atom. The highest BCUT2D eigenvalue weighted by Gasteiger charge is 2.52. The summed E-state index contributed by atoms with van der Waals surface area (Å²) in [4.78, 5) is 23.0. The van der Waals surface area contributed by atoms with E-state index in [0.717, 1.165) is 0 Å². The third-order valence-corrected chi connectivity index (χ3v) is 3.19. The van der Waals surface area contributed by atoms with Crippen LogP contribution >= 0.6 is 0 Å². The third kappa shape index (κ3) is 2.72. The van der Waals surface area contributed by atoms with Crippen LogP contribution in [0.1, 0.15) is 34.1 Å². The number of methoxy groups -OCH3 is 1. The number of ether oxygens (including phenoxy) is 3. The second-order valence-corrected chi connectivity index (χ2v) is 5.52. The lowest BCUT2D eigenvalue weighted by Crippen LogP contribution is -2.41. The molecular weight excluding hydrogens is 236 g/mol. The van der Waals surface area contributed by atoms with Gasteiger partial charge in [0, 0.05) is 24.3 Å². The van der Waals surface area contributed by atoms with Gasteiger partial charge in [0.05, 0.1) is 7.11 Å². The maximum absolute atomic E-state index is 11.7. The van der Waals surface area contributed by atoms with Crippen LogP contribution in [0.3, 0.4) is 0 Å². The van der Waals surface area contributed by atoms with Crippen molar-refractivity contribution in [3.05, 3.63) is 12.2 Å². The molecule has 0 unspecified atom stereocenters. The van der Waals surface area contributed by atoms with Crippen LogP contribution in [0.5, 0.6) is 0 Å². The van der Waals surface area contributed by atoms with Crippen LogP contribution in [-0.2, 0) is 23.8 Å². The van der Waals surface area contributed by atoms with E-state index in [9.17, 15) is 9.59 Å². The molecule has 0 bridgehead atoms. The van der Waals surface area contributed by atoms with Crippen molar-refractivity contribution in [1.29, 1.82) is 0 Å². The van der Waals surface area contributed by atoms with Gasteiger partial charge >= 0.3 is 11.9 Å². The Balaban J connectivity index is 2.75. The normalized spacial score (nSPS) is 27.8. The van der Waals surface area contributed by atoms with E-state index in [0.29, 0.717) is 0 Å². The number of hydrogen-bond acceptors (Lipinski definition) is 5. The molecule has 1 saturated heterocycles. The number of carbonyl (C=O) groups is 2. The van der Waals surface area contributed by atoms with Gasteiger partial charge in [-0.15, -0.1) is 0 Å². The standard InChI is InChI=1S/C13H20O5/c1-8(10(14)16-6)7-9-11(15)18-13(5,17-9)12(2,3)4/h9H,1,7H2,2-6H3/t9-,13+/m0/s1. The summed E-state index contributed by atoms with van der Waals surface area (Å²) in [5.41, 5.74) is -0.165. The molecule has 0 aliphatic carbocycles. The van der Waals surface area contributed by atoms with Crippen LogP contribution in [0, 0.1) is 5.41 Å². The van der Waals surface area contributed by atoms with Gasteiger partial charge in [-0.25, -0.2) is 9.59 Å². The van der Waals surface area contributed by atoms with E-state index in [4.69, 9.17) is 9.47 Å². The molecule has 0 N–H and O–H groups in total. The maximum Gasteiger partial charge on any atom is 0.338 e. The van der Waals surface area contributed by atoms with Crippen LogP contribution in [0.15, 0.2) is 12.2 Å². The van der Waals surface area contributed by atoms with E-state index in [2.05, 4.69) is 11.3 Å². The first kappa shape index (κ1) is 14.7. The van der Waals surface area contributed by atoms with Gasteiger partial charge in [0.15, 0.2) is 6.10 Å². The molecule has 0 amide bonds. The molecule has 0 radical (unpaired) electrons. The molecule has 2 atom stereocenters. The highest BCUT2D eigenvalue weighted by atomic mass is 16.8. The summed E-state index contributed by atoms with van der Waals surface area (Å²) in [6.07, 6.45) is -0.724. The molecule has 1 fully saturated rings. The highest BCUT2D eigenvalue weighted by Crippen LogP contribution is 2.41. The van der Waals surface area contributed by atoms with Crippen molar-refractivity contribution in [2.75, 3.05) is 7.11 Å². The fraction of sp³-hybridized carbons (Fsp3) is 0.692. The first-order chi connectivity index (χ1) is 8.10. The summed E-state index contributed by atoms with van der Waals surface area (Å²) in [7, 11) is 1.26. The van der Waals surface area contributed by atoms with Crippen molar-refractivity contribution in [2.45, 2.75) is 46.0 Å². The molecular formula is C13H20O5. The summed E-state index contributed by atoms with van der Waals surface area (Å²) in [5, 5.41) is 0. The molecule has 1 rings (SSSR count). The monoisotopic (exact) mass is 256 g/mol. The molecule has 0 aromatic rings. The molecule has 0 saturated carbocycles. The molecule has 5 nitrogen and oxygen atoms in total. The molecule has 1 heterocycles. The van der Waals surface area contributed by atoms with Gasteiger partial charge in [-0.05, 0) is 0 Å². The molecule has 1 aliphatic heterocycles. The molecule has 5 heteroatoms. The van der Waals surface area contributed by atoms with Gasteiger partial charge in [0.2, 0.25) is 5.79 Å². The Bertz CT molecular complexity index is 379. The fourth-order valence-corrected chi connectivity index (χ4v) is 1.51. The average Bonchev–Trinajstić information content (AvgIpc) is 2.53. The maximum atomic E-state index is 11.7. The number of rotatable bonds is 3. The van der Waals surface area contributed by atoms with Crippen molar-refractivity contribution in [3.63, 3.8) is 0 Å². The van der Waals surface area contributed by atoms with Crippen LogP contribution in [0.25, 0.3) is 0 Å². The van der Waals surface area contributed by atoms with E-state index >= 15 is 0 Å². The molecule has 1 aliphatic rings. The van der Waals surface area contributed by atoms with E-state index < -0.39 is 23.8 Å². The molecule has 18 heavy (non-hydrogen) atoms. The number of cyclic esters (lactones) is 1. The predicted octanol–water partition coefficient (Wildman–Crippen LogP) is 1.81. The Morgan fingerprint density at radius 2 is 2.06 bits per heavy atom. The largest absolute Gasteiger partial charge is 0.466 e. The van der Waals surface area contributed by atoms with Crippen LogP contribution in [0.2, 0.25) is 0 Å². The predicted molar refractivity (Wildman–Crippen MR) is 64.6 cm³/mol. The fourth-order valence-electron chi connectivity index (χ4n) is 1.51. The zero-order valence-corrected chi connectivity index (χ0v) is 11.5. The Hall–Kier alpha value is -1.36. The first-order valence-corrected chi connectivity index (χ1v) is 5.77. The van der Waals surface area contributed by atoms with Crippen LogP contribution in [-0.4, -0.2) is 30.9 Å². The average molecular weight is 256 g/mol. The summed E-state index contributed by atoms with van der Waals surface area (Å²) >= 11 is 0. The van der Waals surface area contributed by atoms with Crippen molar-refractivity contribution in [2.24, 2.45) is 5.41 Å². The minimum absolute atomic E-state index is 0.0805. The zero-order valence-electron chi connectivity index (χ0n) is 11.5. The Labute approximate surface area is 107 Å². The second kappa shape index (κ2) is 4.72. The molecule has 102 valence electrons. The van der Waals surface area contributed by atoms with Crippen LogP contribution in [0.4, 0.5) is 0 Å². The lowest BCUT2D eigenvalue weighted by Gasteiger charge is -2.35. The second-order valence-electron chi connectivity index (χ2n) is 5.52. The van der Waals surface area contributed by atoms with E-state index in [1.165, 1.54) is 7.11 Å². The van der Waals surface area contributed by atoms with Crippen LogP contribution < -0.4 is 0 Å². The zero-order chi connectivity index (χ0) is 14.1. The minimum Gasteiger partial charge on any atom is -0.466 e. The van der Waals surface area contributed by atoms with Gasteiger partial charge in [0.1, 0.15) is 0 Å². The van der Waals surface area contributed by atoms with Crippen molar-refractivity contribution in [3.8, 4) is 0 Å². The highest BCUT2D eigenvalue weighted by molar-refractivity contribution is 5.89. The lowest BCUT2D eigenvalue weighted by atomic mass is 9.87. The van der Waals surface area contributed by atoms with Gasteiger partial charge in [-0.2, -0.15) is 0 Å². The van der Waals surface area contributed by atoms with Crippen molar-refractivity contribution >= 4 is 11.9 Å². The Morgan fingerprint density at radius 1 is 1.50 bits per heavy atom.